The Morgan fingerprint density at radius 1 is 1.20 bits per heavy atom. The molecule has 0 fully saturated rings. The molecule has 0 amide bonds. The lowest BCUT2D eigenvalue weighted by molar-refractivity contribution is -0.663. The van der Waals surface area contributed by atoms with Gasteiger partial charge in [0, 0.05) is 30.1 Å². The topological polar surface area (TPSA) is 20.0 Å². The fraction of sp³-hybridized carbons (Fsp3) is 0.176. The molecule has 20 heavy (non-hydrogen) atoms. The summed E-state index contributed by atoms with van der Waals surface area (Å²) in [5.41, 5.74) is 4.96. The molecule has 1 aromatic carbocycles. The van der Waals surface area contributed by atoms with Gasteiger partial charge in [0.1, 0.15) is 11.9 Å². The molecule has 1 aliphatic rings. The molecule has 100 valence electrons. The average molecular weight is 264 g/mol. The average Bonchev–Trinajstić information content (AvgIpc) is 2.49. The van der Waals surface area contributed by atoms with Crippen LogP contribution in [-0.2, 0) is 7.05 Å². The maximum absolute atomic E-state index is 4.14. The SMILES string of the molecule is Cc1c(-c2ccnc[n+]2C)cccc1N1C=CC=CC1. The second-order valence-electron chi connectivity index (χ2n) is 4.95. The summed E-state index contributed by atoms with van der Waals surface area (Å²) >= 11 is 0. The molecule has 0 unspecified atom stereocenters. The standard InChI is InChI=1S/C17H18N3/c1-14-15(17-9-10-18-13-19(17)2)7-6-8-16(14)20-11-4-3-5-12-20/h3-11,13H,12H2,1-2H3/q+1. The largest absolute Gasteiger partial charge is 0.344 e. The molecule has 0 radical (unpaired) electrons. The molecule has 0 bridgehead atoms. The van der Waals surface area contributed by atoms with Gasteiger partial charge in [0.15, 0.2) is 0 Å². The number of benzene rings is 1. The van der Waals surface area contributed by atoms with Crippen molar-refractivity contribution in [3.8, 4) is 11.3 Å². The number of nitrogens with zero attached hydrogens (tertiary/aromatic N) is 3. The van der Waals surface area contributed by atoms with Crippen molar-refractivity contribution in [2.45, 2.75) is 6.92 Å². The highest BCUT2D eigenvalue weighted by atomic mass is 15.1. The summed E-state index contributed by atoms with van der Waals surface area (Å²) in [7, 11) is 2.03. The van der Waals surface area contributed by atoms with Crippen molar-refractivity contribution in [2.24, 2.45) is 7.05 Å². The minimum atomic E-state index is 0.920. The molecule has 0 aliphatic carbocycles. The molecule has 1 aliphatic heterocycles. The van der Waals surface area contributed by atoms with Gasteiger partial charge in [-0.1, -0.05) is 29.3 Å². The van der Waals surface area contributed by atoms with Crippen LogP contribution in [0.2, 0.25) is 0 Å². The number of aromatic nitrogens is 2. The maximum Gasteiger partial charge on any atom is 0.286 e. The Bertz CT molecular complexity index is 686. The molecular formula is C17H18N3+. The summed E-state index contributed by atoms with van der Waals surface area (Å²) in [5, 5.41) is 0. The maximum atomic E-state index is 4.14. The summed E-state index contributed by atoms with van der Waals surface area (Å²) in [5.74, 6) is 0. The molecule has 0 spiro atoms. The second-order valence-corrected chi connectivity index (χ2v) is 4.95. The Labute approximate surface area is 119 Å². The summed E-state index contributed by atoms with van der Waals surface area (Å²) in [6, 6.07) is 8.50. The van der Waals surface area contributed by atoms with Crippen molar-refractivity contribution in [1.82, 2.24) is 4.98 Å². The van der Waals surface area contributed by atoms with E-state index in [0.29, 0.717) is 0 Å². The second kappa shape index (κ2) is 5.29. The summed E-state index contributed by atoms with van der Waals surface area (Å²) < 4.78 is 2.05. The normalized spacial score (nSPS) is 13.8. The monoisotopic (exact) mass is 264 g/mol. The minimum Gasteiger partial charge on any atom is -0.344 e. The first-order valence-corrected chi connectivity index (χ1v) is 6.77. The molecule has 0 saturated carbocycles. The Morgan fingerprint density at radius 3 is 2.85 bits per heavy atom. The van der Waals surface area contributed by atoms with Gasteiger partial charge < -0.3 is 4.90 Å². The first kappa shape index (κ1) is 12.6. The number of hydrogen-bond acceptors (Lipinski definition) is 2. The van der Waals surface area contributed by atoms with Crippen LogP contribution < -0.4 is 9.47 Å². The van der Waals surface area contributed by atoms with Crippen LogP contribution in [0, 0.1) is 6.92 Å². The lowest BCUT2D eigenvalue weighted by atomic mass is 10.0. The molecular weight excluding hydrogens is 246 g/mol. The Morgan fingerprint density at radius 2 is 2.10 bits per heavy atom. The van der Waals surface area contributed by atoms with E-state index in [1.807, 2.05) is 19.6 Å². The molecule has 0 atom stereocenters. The lowest BCUT2D eigenvalue weighted by Gasteiger charge is -2.23. The van der Waals surface area contributed by atoms with E-state index in [1.165, 1.54) is 22.5 Å². The van der Waals surface area contributed by atoms with E-state index >= 15 is 0 Å². The van der Waals surface area contributed by atoms with Gasteiger partial charge >= 0.3 is 0 Å². The molecule has 1 aromatic heterocycles. The van der Waals surface area contributed by atoms with Gasteiger partial charge in [0.2, 0.25) is 0 Å². The van der Waals surface area contributed by atoms with Gasteiger partial charge in [0.25, 0.3) is 6.33 Å². The molecule has 3 nitrogen and oxygen atoms in total. The zero-order valence-corrected chi connectivity index (χ0v) is 11.8. The van der Waals surface area contributed by atoms with Crippen LogP contribution in [-0.4, -0.2) is 11.5 Å². The van der Waals surface area contributed by atoms with E-state index in [4.69, 9.17) is 0 Å². The highest BCUT2D eigenvalue weighted by Gasteiger charge is 2.14. The van der Waals surface area contributed by atoms with E-state index < -0.39 is 0 Å². The predicted octanol–water partition coefficient (Wildman–Crippen LogP) is 2.77. The van der Waals surface area contributed by atoms with Crippen LogP contribution in [0.15, 0.2) is 61.2 Å². The zero-order chi connectivity index (χ0) is 13.9. The molecule has 0 N–H and O–H groups in total. The van der Waals surface area contributed by atoms with Crippen LogP contribution in [0.5, 0.6) is 0 Å². The summed E-state index contributed by atoms with van der Waals surface area (Å²) in [6.07, 6.45) is 12.1. The smallest absolute Gasteiger partial charge is 0.286 e. The van der Waals surface area contributed by atoms with Crippen molar-refractivity contribution in [3.63, 3.8) is 0 Å². The Hall–Kier alpha value is -2.42. The van der Waals surface area contributed by atoms with Crippen molar-refractivity contribution < 1.29 is 4.57 Å². The number of aryl methyl sites for hydroxylation is 1. The van der Waals surface area contributed by atoms with Gasteiger partial charge in [-0.15, -0.1) is 0 Å². The highest BCUT2D eigenvalue weighted by molar-refractivity contribution is 5.71. The quantitative estimate of drug-likeness (QED) is 0.777. The number of anilines is 1. The van der Waals surface area contributed by atoms with Gasteiger partial charge in [0.05, 0.1) is 7.05 Å². The van der Waals surface area contributed by atoms with Crippen LogP contribution in [0.1, 0.15) is 5.56 Å². The van der Waals surface area contributed by atoms with Gasteiger partial charge in [-0.05, 0) is 24.6 Å². The van der Waals surface area contributed by atoms with Crippen molar-refractivity contribution in [1.29, 1.82) is 0 Å². The molecule has 2 heterocycles. The van der Waals surface area contributed by atoms with E-state index in [9.17, 15) is 0 Å². The van der Waals surface area contributed by atoms with Gasteiger partial charge in [-0.2, -0.15) is 0 Å². The van der Waals surface area contributed by atoms with E-state index in [0.717, 1.165) is 6.54 Å². The van der Waals surface area contributed by atoms with Crippen LogP contribution >= 0.6 is 0 Å². The van der Waals surface area contributed by atoms with Crippen LogP contribution in [0.25, 0.3) is 11.3 Å². The molecule has 2 aromatic rings. The number of hydrogen-bond donors (Lipinski definition) is 0. The van der Waals surface area contributed by atoms with Crippen molar-refractivity contribution in [2.75, 3.05) is 11.4 Å². The summed E-state index contributed by atoms with van der Waals surface area (Å²) in [4.78, 5) is 6.41. The van der Waals surface area contributed by atoms with Gasteiger partial charge in [-0.3, -0.25) is 0 Å². The minimum absolute atomic E-state index is 0.920. The fourth-order valence-electron chi connectivity index (χ4n) is 2.57. The highest BCUT2D eigenvalue weighted by Crippen LogP contribution is 2.29. The van der Waals surface area contributed by atoms with E-state index in [2.05, 4.69) is 70.1 Å². The summed E-state index contributed by atoms with van der Waals surface area (Å²) in [6.45, 7) is 3.10. The predicted molar refractivity (Wildman–Crippen MR) is 81.2 cm³/mol. The molecule has 3 rings (SSSR count). The van der Waals surface area contributed by atoms with E-state index in [1.54, 1.807) is 0 Å². The zero-order valence-electron chi connectivity index (χ0n) is 11.8. The molecule has 0 saturated heterocycles. The third-order valence-electron chi connectivity index (χ3n) is 3.64. The lowest BCUT2D eigenvalue weighted by Crippen LogP contribution is -2.31. The third-order valence-corrected chi connectivity index (χ3v) is 3.64. The van der Waals surface area contributed by atoms with E-state index in [-0.39, 0.29) is 0 Å². The first-order chi connectivity index (χ1) is 9.77. The van der Waals surface area contributed by atoms with Gasteiger partial charge in [-0.25, -0.2) is 4.57 Å². The van der Waals surface area contributed by atoms with Crippen molar-refractivity contribution >= 4 is 5.69 Å². The van der Waals surface area contributed by atoms with Crippen molar-refractivity contribution in [3.05, 3.63) is 66.8 Å². The van der Waals surface area contributed by atoms with Crippen LogP contribution in [0.3, 0.4) is 0 Å². The third kappa shape index (κ3) is 2.23. The molecule has 3 heteroatoms. The van der Waals surface area contributed by atoms with Crippen LogP contribution in [0.4, 0.5) is 5.69 Å². The first-order valence-electron chi connectivity index (χ1n) is 6.77. The Balaban J connectivity index is 2.08. The number of rotatable bonds is 2. The number of allylic oxidation sites excluding steroid dienone is 2. The fourth-order valence-corrected chi connectivity index (χ4v) is 2.57. The Kier molecular flexibility index (Phi) is 3.33.